The molecule has 0 aromatic carbocycles. The number of H-pyrrole nitrogens is 1. The van der Waals surface area contributed by atoms with Crippen molar-refractivity contribution in [1.82, 2.24) is 15.2 Å². The average Bonchev–Trinajstić information content (AvgIpc) is 2.68. The van der Waals surface area contributed by atoms with Gasteiger partial charge in [-0.05, 0) is 25.7 Å². The third-order valence-corrected chi connectivity index (χ3v) is 3.15. The van der Waals surface area contributed by atoms with E-state index in [9.17, 15) is 4.39 Å². The minimum Gasteiger partial charge on any atom is -0.367 e. The van der Waals surface area contributed by atoms with Gasteiger partial charge in [0.15, 0.2) is 0 Å². The lowest BCUT2D eigenvalue weighted by molar-refractivity contribution is 0.314. The molecule has 0 fully saturated rings. The van der Waals surface area contributed by atoms with Gasteiger partial charge in [-0.25, -0.2) is 0 Å². The second-order valence-electron chi connectivity index (χ2n) is 3.82. The number of halogens is 1. The van der Waals surface area contributed by atoms with Crippen molar-refractivity contribution in [2.75, 3.05) is 12.4 Å². The van der Waals surface area contributed by atoms with E-state index in [2.05, 4.69) is 29.0 Å². The normalized spacial score (nSPS) is 11.9. The fraction of sp³-hybridized carbons (Fsp3) is 0.800. The second-order valence-corrected chi connectivity index (χ2v) is 3.82. The SMILES string of the molecule is CCC(CC)(CCCF)c1nc(N)n[nH]1. The van der Waals surface area contributed by atoms with E-state index in [4.69, 9.17) is 5.73 Å². The number of aromatic amines is 1. The molecule has 0 bridgehead atoms. The van der Waals surface area contributed by atoms with Crippen molar-refractivity contribution < 1.29 is 4.39 Å². The van der Waals surface area contributed by atoms with Crippen LogP contribution in [-0.2, 0) is 5.41 Å². The number of nitrogens with one attached hydrogen (secondary N) is 1. The molecule has 1 heterocycles. The standard InChI is InChI=1S/C10H19FN4/c1-3-10(4-2,6-5-7-11)8-13-9(12)15-14-8/h3-7H2,1-2H3,(H3,12,13,14,15). The van der Waals surface area contributed by atoms with E-state index in [1.54, 1.807) is 0 Å². The number of nitrogens with two attached hydrogens (primary N) is 1. The maximum atomic E-state index is 12.2. The minimum absolute atomic E-state index is 0.100. The molecule has 0 aliphatic carbocycles. The molecule has 1 aromatic rings. The van der Waals surface area contributed by atoms with E-state index in [0.29, 0.717) is 6.42 Å². The molecule has 0 saturated heterocycles. The molecule has 0 saturated carbocycles. The Morgan fingerprint density at radius 2 is 2.07 bits per heavy atom. The predicted molar refractivity (Wildman–Crippen MR) is 58.3 cm³/mol. The molecule has 0 amide bonds. The van der Waals surface area contributed by atoms with Gasteiger partial charge < -0.3 is 5.73 Å². The third kappa shape index (κ3) is 2.46. The molecule has 15 heavy (non-hydrogen) atoms. The number of anilines is 1. The van der Waals surface area contributed by atoms with E-state index >= 15 is 0 Å². The number of aromatic nitrogens is 3. The first-order valence-electron chi connectivity index (χ1n) is 5.43. The highest BCUT2D eigenvalue weighted by atomic mass is 19.1. The quantitative estimate of drug-likeness (QED) is 0.762. The van der Waals surface area contributed by atoms with Gasteiger partial charge in [-0.3, -0.25) is 9.49 Å². The smallest absolute Gasteiger partial charge is 0.239 e. The Balaban J connectivity index is 2.88. The van der Waals surface area contributed by atoms with Gasteiger partial charge in [0.1, 0.15) is 5.82 Å². The van der Waals surface area contributed by atoms with Crippen LogP contribution in [-0.4, -0.2) is 21.9 Å². The highest BCUT2D eigenvalue weighted by Gasteiger charge is 2.31. The van der Waals surface area contributed by atoms with Gasteiger partial charge in [0.25, 0.3) is 0 Å². The number of hydrogen-bond donors (Lipinski definition) is 2. The molecule has 5 heteroatoms. The maximum absolute atomic E-state index is 12.2. The van der Waals surface area contributed by atoms with Crippen LogP contribution < -0.4 is 5.73 Å². The number of alkyl halides is 1. The summed E-state index contributed by atoms with van der Waals surface area (Å²) in [4.78, 5) is 4.17. The molecule has 0 atom stereocenters. The zero-order valence-corrected chi connectivity index (χ0v) is 9.39. The summed E-state index contributed by atoms with van der Waals surface area (Å²) in [6.07, 6.45) is 3.17. The Morgan fingerprint density at radius 1 is 1.40 bits per heavy atom. The molecule has 0 radical (unpaired) electrons. The summed E-state index contributed by atoms with van der Waals surface area (Å²) in [5.74, 6) is 1.05. The average molecular weight is 214 g/mol. The Kier molecular flexibility index (Phi) is 4.05. The van der Waals surface area contributed by atoms with Crippen molar-refractivity contribution in [3.63, 3.8) is 0 Å². The van der Waals surface area contributed by atoms with Crippen LogP contribution in [0.4, 0.5) is 10.3 Å². The molecule has 0 spiro atoms. The number of rotatable bonds is 6. The van der Waals surface area contributed by atoms with Gasteiger partial charge in [-0.2, -0.15) is 4.98 Å². The topological polar surface area (TPSA) is 67.6 Å². The van der Waals surface area contributed by atoms with Crippen LogP contribution in [0.2, 0.25) is 0 Å². The van der Waals surface area contributed by atoms with E-state index in [-0.39, 0.29) is 18.0 Å². The molecule has 0 unspecified atom stereocenters. The van der Waals surface area contributed by atoms with Crippen molar-refractivity contribution in [1.29, 1.82) is 0 Å². The van der Waals surface area contributed by atoms with Gasteiger partial charge in [0, 0.05) is 5.41 Å². The fourth-order valence-electron chi connectivity index (χ4n) is 1.97. The molecule has 4 nitrogen and oxygen atoms in total. The summed E-state index contributed by atoms with van der Waals surface area (Å²) >= 11 is 0. The van der Waals surface area contributed by atoms with Gasteiger partial charge in [0.05, 0.1) is 6.67 Å². The number of nitrogens with zero attached hydrogens (tertiary/aromatic N) is 2. The Hall–Kier alpha value is -1.13. The highest BCUT2D eigenvalue weighted by Crippen LogP contribution is 2.34. The van der Waals surface area contributed by atoms with Crippen molar-refractivity contribution in [3.05, 3.63) is 5.82 Å². The van der Waals surface area contributed by atoms with Crippen LogP contribution >= 0.6 is 0 Å². The first kappa shape index (κ1) is 11.9. The molecule has 1 rings (SSSR count). The summed E-state index contributed by atoms with van der Waals surface area (Å²) in [6, 6.07) is 0. The lowest BCUT2D eigenvalue weighted by atomic mass is 9.77. The first-order valence-corrected chi connectivity index (χ1v) is 5.43. The van der Waals surface area contributed by atoms with Crippen LogP contribution in [0.1, 0.15) is 45.4 Å². The lowest BCUT2D eigenvalue weighted by Crippen LogP contribution is -2.26. The van der Waals surface area contributed by atoms with Crippen molar-refractivity contribution in [2.45, 2.75) is 44.9 Å². The monoisotopic (exact) mass is 214 g/mol. The van der Waals surface area contributed by atoms with Crippen LogP contribution in [0.25, 0.3) is 0 Å². The number of nitrogen functional groups attached to an aromatic ring is 1. The first-order chi connectivity index (χ1) is 7.18. The van der Waals surface area contributed by atoms with Crippen LogP contribution in [0.3, 0.4) is 0 Å². The lowest BCUT2D eigenvalue weighted by Gasteiger charge is -2.28. The van der Waals surface area contributed by atoms with E-state index in [0.717, 1.165) is 25.1 Å². The third-order valence-electron chi connectivity index (χ3n) is 3.15. The van der Waals surface area contributed by atoms with Crippen molar-refractivity contribution in [3.8, 4) is 0 Å². The van der Waals surface area contributed by atoms with Crippen LogP contribution in [0, 0.1) is 0 Å². The zero-order chi connectivity index (χ0) is 11.3. The fourth-order valence-corrected chi connectivity index (χ4v) is 1.97. The molecule has 3 N–H and O–H groups in total. The summed E-state index contributed by atoms with van der Waals surface area (Å²) in [5, 5.41) is 6.68. The number of hydrogen-bond acceptors (Lipinski definition) is 3. The van der Waals surface area contributed by atoms with Crippen molar-refractivity contribution >= 4 is 5.95 Å². The van der Waals surface area contributed by atoms with Crippen molar-refractivity contribution in [2.24, 2.45) is 0 Å². The van der Waals surface area contributed by atoms with Crippen LogP contribution in [0.5, 0.6) is 0 Å². The molecular weight excluding hydrogens is 195 g/mol. The van der Waals surface area contributed by atoms with Gasteiger partial charge in [-0.15, -0.1) is 5.10 Å². The largest absolute Gasteiger partial charge is 0.367 e. The van der Waals surface area contributed by atoms with Gasteiger partial charge in [0.2, 0.25) is 5.95 Å². The van der Waals surface area contributed by atoms with Gasteiger partial charge >= 0.3 is 0 Å². The van der Waals surface area contributed by atoms with Gasteiger partial charge in [-0.1, -0.05) is 13.8 Å². The summed E-state index contributed by atoms with van der Waals surface area (Å²) in [7, 11) is 0. The molecular formula is C10H19FN4. The minimum atomic E-state index is -0.286. The maximum Gasteiger partial charge on any atom is 0.239 e. The van der Waals surface area contributed by atoms with E-state index in [1.807, 2.05) is 0 Å². The molecule has 86 valence electrons. The van der Waals surface area contributed by atoms with E-state index < -0.39 is 0 Å². The Bertz CT molecular complexity index is 293. The van der Waals surface area contributed by atoms with E-state index in [1.165, 1.54) is 0 Å². The summed E-state index contributed by atoms with van der Waals surface area (Å²) in [5.41, 5.74) is 5.39. The predicted octanol–water partition coefficient (Wildman–Crippen LogP) is 2.19. The second kappa shape index (κ2) is 5.09. The Morgan fingerprint density at radius 3 is 2.47 bits per heavy atom. The Labute approximate surface area is 89.5 Å². The van der Waals surface area contributed by atoms with Crippen LogP contribution in [0.15, 0.2) is 0 Å². The zero-order valence-electron chi connectivity index (χ0n) is 9.39. The highest BCUT2D eigenvalue weighted by molar-refractivity contribution is 5.18. The summed E-state index contributed by atoms with van der Waals surface area (Å²) < 4.78 is 12.2. The summed E-state index contributed by atoms with van der Waals surface area (Å²) in [6.45, 7) is 3.88. The molecule has 0 aliphatic heterocycles. The molecule has 1 aromatic heterocycles. The molecule has 0 aliphatic rings.